The Morgan fingerprint density at radius 2 is 1.74 bits per heavy atom. The van der Waals surface area contributed by atoms with Gasteiger partial charge in [-0.1, -0.05) is 27.7 Å². The van der Waals surface area contributed by atoms with Gasteiger partial charge in [0.2, 0.25) is 0 Å². The van der Waals surface area contributed by atoms with Gasteiger partial charge in [-0.25, -0.2) is 4.98 Å². The maximum absolute atomic E-state index is 4.97. The fraction of sp³-hybridized carbons (Fsp3) is 0.750. The third-order valence-electron chi connectivity index (χ3n) is 5.75. The van der Waals surface area contributed by atoms with Gasteiger partial charge in [-0.3, -0.25) is 0 Å². The van der Waals surface area contributed by atoms with Crippen LogP contribution >= 0.6 is 0 Å². The molecule has 0 unspecified atom stereocenters. The zero-order chi connectivity index (χ0) is 17.5. The van der Waals surface area contributed by atoms with Crippen molar-refractivity contribution in [1.82, 2.24) is 4.98 Å². The zero-order valence-electron chi connectivity index (χ0n) is 16.5. The summed E-state index contributed by atoms with van der Waals surface area (Å²) in [5, 5.41) is 0. The Kier molecular flexibility index (Phi) is 5.27. The van der Waals surface area contributed by atoms with Crippen molar-refractivity contribution in [3.8, 4) is 0 Å². The highest BCUT2D eigenvalue weighted by atomic mass is 15.3. The molecule has 2 rings (SSSR count). The minimum absolute atomic E-state index is 0.479. The molecule has 0 spiro atoms. The number of hydrogen-bond donors (Lipinski definition) is 0. The standard InChI is InChI=1S/C20H35N3/c1-12(2)18-10-15(6)21-20-19(18)23(13(3)4)11-14(5)16(7)17(8)22(20)9/h10,12-14,16-17H,11H2,1-9H3/t14-,16-,17-/m0/s1. The lowest BCUT2D eigenvalue weighted by Crippen LogP contribution is -2.47. The Morgan fingerprint density at radius 3 is 2.26 bits per heavy atom. The van der Waals surface area contributed by atoms with Crippen LogP contribution in [0.25, 0.3) is 0 Å². The Morgan fingerprint density at radius 1 is 1.13 bits per heavy atom. The van der Waals surface area contributed by atoms with E-state index in [1.807, 2.05) is 0 Å². The van der Waals surface area contributed by atoms with E-state index < -0.39 is 0 Å². The number of pyridine rings is 1. The van der Waals surface area contributed by atoms with E-state index in [1.165, 1.54) is 11.3 Å². The van der Waals surface area contributed by atoms with Gasteiger partial charge in [0, 0.05) is 31.4 Å². The predicted molar refractivity (Wildman–Crippen MR) is 102 cm³/mol. The summed E-state index contributed by atoms with van der Waals surface area (Å²) in [6, 6.07) is 3.26. The van der Waals surface area contributed by atoms with Gasteiger partial charge in [-0.05, 0) is 57.1 Å². The summed E-state index contributed by atoms with van der Waals surface area (Å²) in [4.78, 5) is 9.96. The second-order valence-corrected chi connectivity index (χ2v) is 8.11. The van der Waals surface area contributed by atoms with Crippen LogP contribution in [0.15, 0.2) is 6.07 Å². The van der Waals surface area contributed by atoms with Crippen LogP contribution in [0.1, 0.15) is 65.6 Å². The van der Waals surface area contributed by atoms with Crippen LogP contribution in [0.3, 0.4) is 0 Å². The zero-order valence-corrected chi connectivity index (χ0v) is 16.5. The SMILES string of the molecule is Cc1cc(C(C)C)c2c(n1)N(C)[C@@H](C)[C@@H](C)[C@@H](C)CN2C(C)C. The minimum atomic E-state index is 0.479. The van der Waals surface area contributed by atoms with E-state index in [0.29, 0.717) is 29.8 Å². The van der Waals surface area contributed by atoms with E-state index in [-0.39, 0.29) is 0 Å². The molecule has 130 valence electrons. The van der Waals surface area contributed by atoms with E-state index in [9.17, 15) is 0 Å². The van der Waals surface area contributed by atoms with Gasteiger partial charge in [0.05, 0.1) is 5.69 Å². The fourth-order valence-electron chi connectivity index (χ4n) is 3.71. The second kappa shape index (κ2) is 6.70. The Labute approximate surface area is 143 Å². The van der Waals surface area contributed by atoms with Crippen molar-refractivity contribution in [2.24, 2.45) is 11.8 Å². The summed E-state index contributed by atoms with van der Waals surface area (Å²) in [5.41, 5.74) is 3.91. The molecule has 0 aliphatic carbocycles. The van der Waals surface area contributed by atoms with Crippen molar-refractivity contribution in [3.63, 3.8) is 0 Å². The van der Waals surface area contributed by atoms with Gasteiger partial charge in [0.15, 0.2) is 5.82 Å². The smallest absolute Gasteiger partial charge is 0.152 e. The third-order valence-corrected chi connectivity index (χ3v) is 5.75. The molecule has 0 N–H and O–H groups in total. The molecule has 1 aromatic heterocycles. The first kappa shape index (κ1) is 18.1. The normalized spacial score (nSPS) is 25.6. The molecule has 1 aromatic rings. The molecule has 3 nitrogen and oxygen atoms in total. The molecule has 0 saturated carbocycles. The van der Waals surface area contributed by atoms with Gasteiger partial charge in [-0.2, -0.15) is 0 Å². The van der Waals surface area contributed by atoms with Gasteiger partial charge < -0.3 is 9.80 Å². The highest BCUT2D eigenvalue weighted by molar-refractivity contribution is 5.73. The lowest BCUT2D eigenvalue weighted by molar-refractivity contribution is 0.320. The third kappa shape index (κ3) is 3.34. The Hall–Kier alpha value is -1.25. The van der Waals surface area contributed by atoms with Crippen LogP contribution < -0.4 is 9.80 Å². The summed E-state index contributed by atoms with van der Waals surface area (Å²) in [6.07, 6.45) is 0. The van der Waals surface area contributed by atoms with Crippen LogP contribution in [0.2, 0.25) is 0 Å². The average Bonchev–Trinajstić information content (AvgIpc) is 2.48. The first-order chi connectivity index (χ1) is 10.6. The maximum Gasteiger partial charge on any atom is 0.152 e. The Balaban J connectivity index is 2.73. The van der Waals surface area contributed by atoms with Crippen LogP contribution in [0.4, 0.5) is 11.5 Å². The molecule has 3 atom stereocenters. The number of fused-ring (bicyclic) bond motifs is 1. The van der Waals surface area contributed by atoms with Crippen molar-refractivity contribution in [1.29, 1.82) is 0 Å². The van der Waals surface area contributed by atoms with Gasteiger partial charge >= 0.3 is 0 Å². The summed E-state index contributed by atoms with van der Waals surface area (Å²) in [7, 11) is 2.22. The summed E-state index contributed by atoms with van der Waals surface area (Å²) in [5.74, 6) is 2.96. The van der Waals surface area contributed by atoms with E-state index in [4.69, 9.17) is 4.98 Å². The van der Waals surface area contributed by atoms with Crippen molar-refractivity contribution < 1.29 is 0 Å². The monoisotopic (exact) mass is 317 g/mol. The molecule has 1 aliphatic heterocycles. The maximum atomic E-state index is 4.97. The highest BCUT2D eigenvalue weighted by Gasteiger charge is 2.33. The van der Waals surface area contributed by atoms with E-state index >= 15 is 0 Å². The molecule has 0 aromatic carbocycles. The number of nitrogens with zero attached hydrogens (tertiary/aromatic N) is 3. The summed E-state index contributed by atoms with van der Waals surface area (Å²) >= 11 is 0. The molecule has 3 heteroatoms. The minimum Gasteiger partial charge on any atom is -0.366 e. The first-order valence-corrected chi connectivity index (χ1v) is 9.16. The van der Waals surface area contributed by atoms with Gasteiger partial charge in [-0.15, -0.1) is 0 Å². The molecule has 0 saturated heterocycles. The molecule has 0 radical (unpaired) electrons. The van der Waals surface area contributed by atoms with Crippen molar-refractivity contribution >= 4 is 11.5 Å². The lowest BCUT2D eigenvalue weighted by Gasteiger charge is -2.44. The summed E-state index contributed by atoms with van der Waals surface area (Å²) < 4.78 is 0. The summed E-state index contributed by atoms with van der Waals surface area (Å²) in [6.45, 7) is 19.5. The number of aryl methyl sites for hydroxylation is 1. The number of rotatable bonds is 2. The van der Waals surface area contributed by atoms with Crippen molar-refractivity contribution in [2.75, 3.05) is 23.4 Å². The van der Waals surface area contributed by atoms with Crippen molar-refractivity contribution in [3.05, 3.63) is 17.3 Å². The van der Waals surface area contributed by atoms with Crippen LogP contribution in [0.5, 0.6) is 0 Å². The van der Waals surface area contributed by atoms with Gasteiger partial charge in [0.25, 0.3) is 0 Å². The van der Waals surface area contributed by atoms with Crippen LogP contribution in [-0.2, 0) is 0 Å². The fourth-order valence-corrected chi connectivity index (χ4v) is 3.71. The Bertz CT molecular complexity index is 550. The van der Waals surface area contributed by atoms with E-state index in [2.05, 4.69) is 78.3 Å². The average molecular weight is 318 g/mol. The van der Waals surface area contributed by atoms with Gasteiger partial charge in [0.1, 0.15) is 0 Å². The second-order valence-electron chi connectivity index (χ2n) is 8.11. The molecule has 0 fully saturated rings. The predicted octanol–water partition coefficient (Wildman–Crippen LogP) is 4.84. The van der Waals surface area contributed by atoms with Crippen LogP contribution in [0, 0.1) is 18.8 Å². The quantitative estimate of drug-likeness (QED) is 0.778. The largest absolute Gasteiger partial charge is 0.366 e. The number of hydrogen-bond acceptors (Lipinski definition) is 3. The molecule has 23 heavy (non-hydrogen) atoms. The number of aromatic nitrogens is 1. The van der Waals surface area contributed by atoms with E-state index in [1.54, 1.807) is 0 Å². The molecule has 1 aliphatic rings. The van der Waals surface area contributed by atoms with Crippen LogP contribution in [-0.4, -0.2) is 30.7 Å². The highest BCUT2D eigenvalue weighted by Crippen LogP contribution is 2.41. The van der Waals surface area contributed by atoms with Crippen molar-refractivity contribution in [2.45, 2.75) is 73.4 Å². The molecular weight excluding hydrogens is 282 g/mol. The molecule has 2 heterocycles. The number of anilines is 2. The van der Waals surface area contributed by atoms with E-state index in [0.717, 1.165) is 18.1 Å². The molecule has 0 amide bonds. The molecular formula is C20H35N3. The topological polar surface area (TPSA) is 19.4 Å². The lowest BCUT2D eigenvalue weighted by atomic mass is 9.86. The first-order valence-electron chi connectivity index (χ1n) is 9.16. The molecule has 0 bridgehead atoms.